The van der Waals surface area contributed by atoms with Crippen LogP contribution in [0.15, 0.2) is 60.0 Å². The molecule has 0 aliphatic rings. The summed E-state index contributed by atoms with van der Waals surface area (Å²) < 4.78 is 7.20. The molecule has 1 amide bonds. The van der Waals surface area contributed by atoms with E-state index >= 15 is 0 Å². The summed E-state index contributed by atoms with van der Waals surface area (Å²) in [6.07, 6.45) is 3.64. The van der Waals surface area contributed by atoms with Gasteiger partial charge in [0.05, 0.1) is 12.4 Å². The highest BCUT2D eigenvalue weighted by atomic mass is 32.2. The van der Waals surface area contributed by atoms with Crippen LogP contribution in [-0.2, 0) is 4.79 Å². The van der Waals surface area contributed by atoms with Crippen LogP contribution >= 0.6 is 11.8 Å². The van der Waals surface area contributed by atoms with E-state index in [1.165, 1.54) is 11.8 Å². The minimum absolute atomic E-state index is 0.0320. The number of anilines is 1. The number of aryl methyl sites for hydroxylation is 1. The molecular weight excluding hydrogens is 382 g/mol. The quantitative estimate of drug-likeness (QED) is 0.529. The van der Waals surface area contributed by atoms with E-state index in [0.717, 1.165) is 33.4 Å². The van der Waals surface area contributed by atoms with Crippen molar-refractivity contribution in [3.05, 3.63) is 66.0 Å². The molecular formula is C23H27N3O2S. The van der Waals surface area contributed by atoms with Gasteiger partial charge in [0.15, 0.2) is 5.16 Å². The number of aromatic nitrogens is 2. The molecule has 0 fully saturated rings. The van der Waals surface area contributed by atoms with E-state index in [-0.39, 0.29) is 11.2 Å². The van der Waals surface area contributed by atoms with Crippen molar-refractivity contribution in [1.82, 2.24) is 9.55 Å². The molecule has 1 N–H and O–H groups in total. The van der Waals surface area contributed by atoms with E-state index in [1.807, 2.05) is 61.0 Å². The highest BCUT2D eigenvalue weighted by Gasteiger charge is 2.20. The molecule has 3 rings (SSSR count). The first-order valence-electron chi connectivity index (χ1n) is 9.65. The van der Waals surface area contributed by atoms with Crippen molar-refractivity contribution in [2.75, 3.05) is 12.4 Å². The van der Waals surface area contributed by atoms with E-state index in [0.29, 0.717) is 5.92 Å². The first-order valence-corrected chi connectivity index (χ1v) is 10.5. The molecule has 0 aliphatic carbocycles. The number of amides is 1. The zero-order chi connectivity index (χ0) is 21.0. The van der Waals surface area contributed by atoms with Crippen molar-refractivity contribution >= 4 is 23.4 Å². The molecule has 3 aromatic rings. The number of carbonyl (C=O) groups is 1. The number of thioether (sulfide) groups is 1. The van der Waals surface area contributed by atoms with Gasteiger partial charge in [-0.05, 0) is 55.2 Å². The highest BCUT2D eigenvalue weighted by Crippen LogP contribution is 2.30. The Morgan fingerprint density at radius 2 is 1.86 bits per heavy atom. The number of benzene rings is 2. The molecule has 1 heterocycles. The molecule has 1 unspecified atom stereocenters. The molecule has 1 atom stereocenters. The Labute approximate surface area is 176 Å². The molecule has 0 saturated heterocycles. The van der Waals surface area contributed by atoms with Crippen LogP contribution < -0.4 is 10.1 Å². The van der Waals surface area contributed by atoms with Crippen LogP contribution in [0, 0.1) is 6.92 Å². The Morgan fingerprint density at radius 3 is 2.52 bits per heavy atom. The third-order valence-corrected chi connectivity index (χ3v) is 5.86. The lowest BCUT2D eigenvalue weighted by molar-refractivity contribution is -0.115. The number of para-hydroxylation sites is 1. The van der Waals surface area contributed by atoms with Crippen LogP contribution in [0.5, 0.6) is 5.75 Å². The molecule has 0 radical (unpaired) electrons. The van der Waals surface area contributed by atoms with Crippen molar-refractivity contribution in [2.24, 2.45) is 0 Å². The normalized spacial score (nSPS) is 12.1. The lowest BCUT2D eigenvalue weighted by Gasteiger charge is -2.18. The highest BCUT2D eigenvalue weighted by molar-refractivity contribution is 8.00. The number of nitrogens with zero attached hydrogens (tertiary/aromatic N) is 2. The van der Waals surface area contributed by atoms with Gasteiger partial charge in [-0.25, -0.2) is 4.98 Å². The monoisotopic (exact) mass is 409 g/mol. The lowest BCUT2D eigenvalue weighted by atomic mass is 9.98. The first-order chi connectivity index (χ1) is 13.9. The molecule has 29 heavy (non-hydrogen) atoms. The fraction of sp³-hybridized carbons (Fsp3) is 0.304. The van der Waals surface area contributed by atoms with E-state index in [4.69, 9.17) is 4.74 Å². The third kappa shape index (κ3) is 4.82. The standard InChI is InChI=1S/C23H27N3O2S/c1-15(2)20-8-6-7-16(3)21(20)25-22(27)17(4)29-23-24-13-14-26(23)18-9-11-19(28-5)12-10-18/h6-15,17H,1-5H3,(H,25,27). The molecule has 0 bridgehead atoms. The van der Waals surface area contributed by atoms with Gasteiger partial charge >= 0.3 is 0 Å². The van der Waals surface area contributed by atoms with Gasteiger partial charge in [-0.15, -0.1) is 0 Å². The van der Waals surface area contributed by atoms with Crippen LogP contribution in [0.25, 0.3) is 5.69 Å². The Bertz CT molecular complexity index is 980. The van der Waals surface area contributed by atoms with Gasteiger partial charge in [-0.2, -0.15) is 0 Å². The predicted molar refractivity (Wildman–Crippen MR) is 119 cm³/mol. The van der Waals surface area contributed by atoms with Crippen molar-refractivity contribution in [2.45, 2.75) is 44.0 Å². The second-order valence-corrected chi connectivity index (χ2v) is 8.53. The van der Waals surface area contributed by atoms with Gasteiger partial charge in [-0.3, -0.25) is 9.36 Å². The van der Waals surface area contributed by atoms with Gasteiger partial charge in [-0.1, -0.05) is 43.8 Å². The van der Waals surface area contributed by atoms with Crippen molar-refractivity contribution in [3.8, 4) is 11.4 Å². The summed E-state index contributed by atoms with van der Waals surface area (Å²) in [5.74, 6) is 1.10. The van der Waals surface area contributed by atoms with Crippen LogP contribution in [0.2, 0.25) is 0 Å². The fourth-order valence-electron chi connectivity index (χ4n) is 3.10. The Hall–Kier alpha value is -2.73. The van der Waals surface area contributed by atoms with Crippen LogP contribution in [0.4, 0.5) is 5.69 Å². The summed E-state index contributed by atoms with van der Waals surface area (Å²) in [5, 5.41) is 3.61. The smallest absolute Gasteiger partial charge is 0.237 e. The second kappa shape index (κ2) is 9.18. The largest absolute Gasteiger partial charge is 0.497 e. The average Bonchev–Trinajstić information content (AvgIpc) is 3.17. The number of hydrogen-bond acceptors (Lipinski definition) is 4. The van der Waals surface area contributed by atoms with Crippen LogP contribution in [0.1, 0.15) is 37.8 Å². The minimum atomic E-state index is -0.297. The van der Waals surface area contributed by atoms with Crippen molar-refractivity contribution < 1.29 is 9.53 Å². The van der Waals surface area contributed by atoms with Gasteiger partial charge in [0.25, 0.3) is 0 Å². The lowest BCUT2D eigenvalue weighted by Crippen LogP contribution is -2.24. The maximum absolute atomic E-state index is 12.9. The molecule has 152 valence electrons. The summed E-state index contributed by atoms with van der Waals surface area (Å²) in [4.78, 5) is 17.4. The Morgan fingerprint density at radius 1 is 1.14 bits per heavy atom. The van der Waals surface area contributed by atoms with Crippen molar-refractivity contribution in [1.29, 1.82) is 0 Å². The molecule has 6 heteroatoms. The zero-order valence-corrected chi connectivity index (χ0v) is 18.3. The van der Waals surface area contributed by atoms with Gasteiger partial charge < -0.3 is 10.1 Å². The minimum Gasteiger partial charge on any atom is -0.497 e. The van der Waals surface area contributed by atoms with Gasteiger partial charge in [0.1, 0.15) is 5.75 Å². The molecule has 5 nitrogen and oxygen atoms in total. The van der Waals surface area contributed by atoms with E-state index < -0.39 is 0 Å². The SMILES string of the molecule is COc1ccc(-n2ccnc2SC(C)C(=O)Nc2c(C)cccc2C(C)C)cc1. The molecule has 0 saturated carbocycles. The van der Waals surface area contributed by atoms with Crippen LogP contribution in [-0.4, -0.2) is 27.8 Å². The predicted octanol–water partition coefficient (Wildman–Crippen LogP) is 5.43. The van der Waals surface area contributed by atoms with Crippen LogP contribution in [0.3, 0.4) is 0 Å². The molecule has 2 aromatic carbocycles. The summed E-state index contributed by atoms with van der Waals surface area (Å²) in [5.41, 5.74) is 4.11. The number of hydrogen-bond donors (Lipinski definition) is 1. The van der Waals surface area contributed by atoms with E-state index in [9.17, 15) is 4.79 Å². The van der Waals surface area contributed by atoms with E-state index in [1.54, 1.807) is 13.3 Å². The topological polar surface area (TPSA) is 56.2 Å². The van der Waals surface area contributed by atoms with Crippen molar-refractivity contribution in [3.63, 3.8) is 0 Å². The summed E-state index contributed by atoms with van der Waals surface area (Å²) >= 11 is 1.44. The number of imidazole rings is 1. The van der Waals surface area contributed by atoms with E-state index in [2.05, 4.69) is 30.2 Å². The summed E-state index contributed by atoms with van der Waals surface area (Å²) in [6.45, 7) is 8.19. The molecule has 0 aliphatic heterocycles. The summed E-state index contributed by atoms with van der Waals surface area (Å²) in [7, 11) is 1.65. The fourth-order valence-corrected chi connectivity index (χ4v) is 3.98. The zero-order valence-electron chi connectivity index (χ0n) is 17.5. The van der Waals surface area contributed by atoms with Gasteiger partial charge in [0.2, 0.25) is 5.91 Å². The second-order valence-electron chi connectivity index (χ2n) is 7.22. The average molecular weight is 410 g/mol. The Kier molecular flexibility index (Phi) is 6.64. The molecule has 1 aromatic heterocycles. The maximum atomic E-state index is 12.9. The number of methoxy groups -OCH3 is 1. The maximum Gasteiger partial charge on any atom is 0.237 e. The summed E-state index contributed by atoms with van der Waals surface area (Å²) in [6, 6.07) is 13.9. The first kappa shape index (κ1) is 21.0. The number of nitrogens with one attached hydrogen (secondary N) is 1. The molecule has 0 spiro atoms. The number of carbonyl (C=O) groups excluding carboxylic acids is 1. The van der Waals surface area contributed by atoms with Gasteiger partial charge in [0, 0.05) is 23.8 Å². The Balaban J connectivity index is 1.75. The third-order valence-electron chi connectivity index (χ3n) is 4.78. The number of ether oxygens (including phenoxy) is 1. The number of rotatable bonds is 7.